The summed E-state index contributed by atoms with van der Waals surface area (Å²) in [6.45, 7) is 0. The molecule has 1 heterocycles. The van der Waals surface area contributed by atoms with Crippen LogP contribution in [-0.4, -0.2) is 24.8 Å². The number of benzene rings is 1. The van der Waals surface area contributed by atoms with Gasteiger partial charge in [0.2, 0.25) is 0 Å². The highest BCUT2D eigenvalue weighted by atomic mass is 16.6. The molecule has 0 saturated carbocycles. The second-order valence-electron chi connectivity index (χ2n) is 3.18. The number of rotatable bonds is 2. The quantitative estimate of drug-likeness (QED) is 0.536. The number of hydroxylamine groups is 1. The van der Waals surface area contributed by atoms with Crippen molar-refractivity contribution < 1.29 is 19.2 Å². The van der Waals surface area contributed by atoms with Crippen LogP contribution in [0.25, 0.3) is 0 Å². The monoisotopic (exact) mass is 220 g/mol. The van der Waals surface area contributed by atoms with E-state index in [1.807, 2.05) is 0 Å². The first-order valence-corrected chi connectivity index (χ1v) is 4.46. The van der Waals surface area contributed by atoms with Gasteiger partial charge in [-0.25, -0.2) is 5.48 Å². The van der Waals surface area contributed by atoms with Crippen LogP contribution in [0.3, 0.4) is 0 Å². The summed E-state index contributed by atoms with van der Waals surface area (Å²) in [5, 5.41) is 2.14. The van der Waals surface area contributed by atoms with Crippen molar-refractivity contribution in [2.75, 3.05) is 7.11 Å². The second-order valence-corrected chi connectivity index (χ2v) is 3.18. The number of hydrogen-bond donors (Lipinski definition) is 2. The van der Waals surface area contributed by atoms with Gasteiger partial charge in [0.1, 0.15) is 0 Å². The van der Waals surface area contributed by atoms with Crippen molar-refractivity contribution in [2.45, 2.75) is 0 Å². The molecule has 1 aliphatic heterocycles. The molecular weight excluding hydrogens is 212 g/mol. The number of carbonyl (C=O) groups excluding carboxylic acids is 3. The molecule has 0 saturated heterocycles. The van der Waals surface area contributed by atoms with E-state index < -0.39 is 17.7 Å². The summed E-state index contributed by atoms with van der Waals surface area (Å²) in [6.07, 6.45) is 0. The average molecular weight is 220 g/mol. The van der Waals surface area contributed by atoms with Crippen molar-refractivity contribution in [1.82, 2.24) is 10.8 Å². The first-order valence-electron chi connectivity index (χ1n) is 4.46. The van der Waals surface area contributed by atoms with Crippen LogP contribution in [0.15, 0.2) is 18.2 Å². The van der Waals surface area contributed by atoms with Crippen molar-refractivity contribution in [2.24, 2.45) is 0 Å². The van der Waals surface area contributed by atoms with Crippen molar-refractivity contribution in [3.8, 4) is 0 Å². The van der Waals surface area contributed by atoms with Gasteiger partial charge in [-0.3, -0.25) is 24.5 Å². The number of carbonyl (C=O) groups is 3. The van der Waals surface area contributed by atoms with Gasteiger partial charge >= 0.3 is 0 Å². The normalized spacial score (nSPS) is 13.3. The molecule has 82 valence electrons. The van der Waals surface area contributed by atoms with Crippen LogP contribution < -0.4 is 10.8 Å². The van der Waals surface area contributed by atoms with Crippen LogP contribution in [0.4, 0.5) is 0 Å². The maximum Gasteiger partial charge on any atom is 0.274 e. The summed E-state index contributed by atoms with van der Waals surface area (Å²) < 4.78 is 0. The Morgan fingerprint density at radius 2 is 1.94 bits per heavy atom. The zero-order valence-corrected chi connectivity index (χ0v) is 8.37. The van der Waals surface area contributed by atoms with E-state index in [0.717, 1.165) is 0 Å². The first-order chi connectivity index (χ1) is 7.63. The molecule has 0 aliphatic carbocycles. The molecule has 0 bridgehead atoms. The maximum atomic E-state index is 11.4. The van der Waals surface area contributed by atoms with Crippen molar-refractivity contribution in [3.63, 3.8) is 0 Å². The summed E-state index contributed by atoms with van der Waals surface area (Å²) in [6, 6.07) is 4.23. The Hall–Kier alpha value is -2.21. The predicted octanol–water partition coefficient (Wildman–Crippen LogP) is -0.139. The highest BCUT2D eigenvalue weighted by molar-refractivity contribution is 6.22. The van der Waals surface area contributed by atoms with E-state index in [2.05, 4.69) is 15.6 Å². The Bertz CT molecular complexity index is 496. The lowest BCUT2D eigenvalue weighted by Gasteiger charge is -2.02. The smallest absolute Gasteiger partial charge is 0.274 e. The topological polar surface area (TPSA) is 84.5 Å². The third-order valence-electron chi connectivity index (χ3n) is 2.19. The summed E-state index contributed by atoms with van der Waals surface area (Å²) in [4.78, 5) is 38.4. The SMILES string of the molecule is CONC(=O)c1ccc2c(c1)C(=O)NC2=O. The van der Waals surface area contributed by atoms with E-state index >= 15 is 0 Å². The molecule has 3 amide bonds. The Morgan fingerprint density at radius 1 is 1.25 bits per heavy atom. The van der Waals surface area contributed by atoms with Gasteiger partial charge < -0.3 is 0 Å². The summed E-state index contributed by atoms with van der Waals surface area (Å²) in [5.41, 5.74) is 2.86. The molecule has 0 unspecified atom stereocenters. The molecule has 1 aromatic rings. The number of amides is 3. The van der Waals surface area contributed by atoms with Gasteiger partial charge in [0.15, 0.2) is 0 Å². The zero-order valence-electron chi connectivity index (χ0n) is 8.37. The van der Waals surface area contributed by atoms with Gasteiger partial charge in [0, 0.05) is 5.56 Å². The maximum absolute atomic E-state index is 11.4. The standard InChI is InChI=1S/C10H8N2O4/c1-16-12-8(13)5-2-3-6-7(4-5)10(15)11-9(6)14/h2-4H,1H3,(H,12,13)(H,11,14,15). The molecule has 1 aromatic carbocycles. The minimum absolute atomic E-state index is 0.203. The van der Waals surface area contributed by atoms with Crippen LogP contribution in [-0.2, 0) is 4.84 Å². The van der Waals surface area contributed by atoms with E-state index in [1.165, 1.54) is 25.3 Å². The molecule has 6 heteroatoms. The van der Waals surface area contributed by atoms with Gasteiger partial charge in [-0.2, -0.15) is 0 Å². The molecule has 2 rings (SSSR count). The summed E-state index contributed by atoms with van der Waals surface area (Å²) >= 11 is 0. The Morgan fingerprint density at radius 3 is 2.62 bits per heavy atom. The van der Waals surface area contributed by atoms with Crippen LogP contribution in [0.5, 0.6) is 0 Å². The number of nitrogens with one attached hydrogen (secondary N) is 2. The molecule has 6 nitrogen and oxygen atoms in total. The minimum atomic E-state index is -0.493. The molecule has 1 aliphatic rings. The predicted molar refractivity (Wildman–Crippen MR) is 52.7 cm³/mol. The van der Waals surface area contributed by atoms with Crippen LogP contribution in [0, 0.1) is 0 Å². The molecule has 0 fully saturated rings. The van der Waals surface area contributed by atoms with Gasteiger partial charge in [-0.15, -0.1) is 0 Å². The van der Waals surface area contributed by atoms with Crippen molar-refractivity contribution in [1.29, 1.82) is 0 Å². The third-order valence-corrected chi connectivity index (χ3v) is 2.19. The Kier molecular flexibility index (Phi) is 2.41. The second kappa shape index (κ2) is 3.74. The lowest BCUT2D eigenvalue weighted by molar-refractivity contribution is 0.0537. The number of fused-ring (bicyclic) bond motifs is 1. The van der Waals surface area contributed by atoms with Gasteiger partial charge in [-0.05, 0) is 18.2 Å². The summed E-state index contributed by atoms with van der Waals surface area (Å²) in [7, 11) is 1.31. The fourth-order valence-electron chi connectivity index (χ4n) is 1.46. The van der Waals surface area contributed by atoms with E-state index in [0.29, 0.717) is 0 Å². The van der Waals surface area contributed by atoms with Crippen molar-refractivity contribution in [3.05, 3.63) is 34.9 Å². The molecule has 16 heavy (non-hydrogen) atoms. The number of hydrogen-bond acceptors (Lipinski definition) is 4. The molecule has 0 radical (unpaired) electrons. The lowest BCUT2D eigenvalue weighted by atomic mass is 10.1. The van der Waals surface area contributed by atoms with E-state index in [9.17, 15) is 14.4 Å². The van der Waals surface area contributed by atoms with Gasteiger partial charge in [0.05, 0.1) is 18.2 Å². The fraction of sp³-hybridized carbons (Fsp3) is 0.100. The van der Waals surface area contributed by atoms with Gasteiger partial charge in [0.25, 0.3) is 17.7 Å². The highest BCUT2D eigenvalue weighted by Gasteiger charge is 2.27. The van der Waals surface area contributed by atoms with Crippen LogP contribution in [0.1, 0.15) is 31.1 Å². The molecule has 0 aromatic heterocycles. The Labute approximate surface area is 90.5 Å². The zero-order chi connectivity index (χ0) is 11.7. The molecule has 0 spiro atoms. The lowest BCUT2D eigenvalue weighted by Crippen LogP contribution is -2.22. The Balaban J connectivity index is 2.40. The summed E-state index contributed by atoms with van der Waals surface area (Å²) in [5.74, 6) is -1.41. The van der Waals surface area contributed by atoms with Crippen LogP contribution >= 0.6 is 0 Å². The molecular formula is C10H8N2O4. The third kappa shape index (κ3) is 1.55. The molecule has 2 N–H and O–H groups in total. The largest absolute Gasteiger partial charge is 0.288 e. The van der Waals surface area contributed by atoms with Crippen molar-refractivity contribution >= 4 is 17.7 Å². The van der Waals surface area contributed by atoms with E-state index in [-0.39, 0.29) is 16.7 Å². The minimum Gasteiger partial charge on any atom is -0.288 e. The number of imide groups is 1. The fourth-order valence-corrected chi connectivity index (χ4v) is 1.46. The van der Waals surface area contributed by atoms with E-state index in [1.54, 1.807) is 0 Å². The highest BCUT2D eigenvalue weighted by Crippen LogP contribution is 2.17. The molecule has 0 atom stereocenters. The average Bonchev–Trinajstić information content (AvgIpc) is 2.55. The first kappa shape index (κ1) is 10.3. The van der Waals surface area contributed by atoms with Crippen LogP contribution in [0.2, 0.25) is 0 Å². The van der Waals surface area contributed by atoms with Gasteiger partial charge in [-0.1, -0.05) is 0 Å². The van der Waals surface area contributed by atoms with E-state index in [4.69, 9.17) is 0 Å².